The number of hydrogen-bond donors (Lipinski definition) is 0. The maximum absolute atomic E-state index is 13.8. The molecule has 0 atom stereocenters. The normalized spacial score (nSPS) is 25.8. The van der Waals surface area contributed by atoms with E-state index < -0.39 is 30.0 Å². The lowest BCUT2D eigenvalue weighted by atomic mass is 9.80. The highest BCUT2D eigenvalue weighted by atomic mass is 19.4. The molecular formula is C17H19F5O3. The number of halogens is 5. The van der Waals surface area contributed by atoms with Crippen molar-refractivity contribution in [3.8, 4) is 5.75 Å². The molecule has 1 aliphatic carbocycles. The molecule has 1 saturated carbocycles. The van der Waals surface area contributed by atoms with E-state index in [1.54, 1.807) is 0 Å². The van der Waals surface area contributed by atoms with Gasteiger partial charge in [-0.05, 0) is 18.1 Å². The van der Waals surface area contributed by atoms with Crippen LogP contribution in [0.25, 0.3) is 0 Å². The molecule has 8 heteroatoms. The summed E-state index contributed by atoms with van der Waals surface area (Å²) in [5, 5.41) is 0. The number of benzene rings is 1. The first-order valence-corrected chi connectivity index (χ1v) is 8.31. The fourth-order valence-electron chi connectivity index (χ4n) is 3.52. The molecule has 0 spiro atoms. The molecule has 0 aromatic heterocycles. The van der Waals surface area contributed by atoms with E-state index in [9.17, 15) is 22.0 Å². The van der Waals surface area contributed by atoms with Crippen molar-refractivity contribution in [3.63, 3.8) is 0 Å². The fourth-order valence-corrected chi connectivity index (χ4v) is 3.52. The predicted molar refractivity (Wildman–Crippen MR) is 77.8 cm³/mol. The van der Waals surface area contributed by atoms with Crippen LogP contribution in [0.3, 0.4) is 0 Å². The maximum Gasteiger partial charge on any atom is 0.573 e. The van der Waals surface area contributed by atoms with E-state index in [-0.39, 0.29) is 11.5 Å². The van der Waals surface area contributed by atoms with Crippen LogP contribution in [0.4, 0.5) is 22.0 Å². The molecular weight excluding hydrogens is 347 g/mol. The Morgan fingerprint density at radius 3 is 1.96 bits per heavy atom. The van der Waals surface area contributed by atoms with Crippen LogP contribution >= 0.6 is 0 Å². The molecule has 0 unspecified atom stereocenters. The van der Waals surface area contributed by atoms with Crippen molar-refractivity contribution in [2.45, 2.75) is 44.8 Å². The van der Waals surface area contributed by atoms with E-state index in [0.29, 0.717) is 19.1 Å². The molecule has 1 aliphatic heterocycles. The highest BCUT2D eigenvalue weighted by Crippen LogP contribution is 2.37. The van der Waals surface area contributed by atoms with Gasteiger partial charge in [0.25, 0.3) is 0 Å². The zero-order valence-electron chi connectivity index (χ0n) is 13.5. The minimum atomic E-state index is -5.17. The topological polar surface area (TPSA) is 27.7 Å². The smallest absolute Gasteiger partial charge is 0.399 e. The molecule has 2 fully saturated rings. The summed E-state index contributed by atoms with van der Waals surface area (Å²) in [5.74, 6) is -3.63. The third-order valence-electron chi connectivity index (χ3n) is 4.75. The molecule has 0 radical (unpaired) electrons. The van der Waals surface area contributed by atoms with E-state index in [2.05, 4.69) is 4.74 Å². The van der Waals surface area contributed by atoms with Gasteiger partial charge in [0.05, 0.1) is 13.2 Å². The van der Waals surface area contributed by atoms with E-state index >= 15 is 0 Å². The maximum atomic E-state index is 13.8. The summed E-state index contributed by atoms with van der Waals surface area (Å²) < 4.78 is 78.6. The van der Waals surface area contributed by atoms with Crippen molar-refractivity contribution in [1.29, 1.82) is 0 Å². The minimum Gasteiger partial charge on any atom is -0.399 e. The van der Waals surface area contributed by atoms with E-state index in [1.165, 1.54) is 19.3 Å². The van der Waals surface area contributed by atoms with Gasteiger partial charge in [0.2, 0.25) is 5.75 Å². The van der Waals surface area contributed by atoms with E-state index in [1.807, 2.05) is 0 Å². The first kappa shape index (κ1) is 18.4. The summed E-state index contributed by atoms with van der Waals surface area (Å²) in [6.45, 7) is 0.804. The van der Waals surface area contributed by atoms with Gasteiger partial charge in [-0.2, -0.15) is 0 Å². The summed E-state index contributed by atoms with van der Waals surface area (Å²) in [5.41, 5.74) is -0.00776. The van der Waals surface area contributed by atoms with Gasteiger partial charge in [0.15, 0.2) is 17.9 Å². The van der Waals surface area contributed by atoms with Crippen LogP contribution in [-0.2, 0) is 9.47 Å². The van der Waals surface area contributed by atoms with Gasteiger partial charge in [0.1, 0.15) is 0 Å². The highest BCUT2D eigenvalue weighted by Gasteiger charge is 2.35. The number of rotatable bonds is 3. The molecule has 1 aromatic carbocycles. The van der Waals surface area contributed by atoms with Gasteiger partial charge in [-0.15, -0.1) is 13.2 Å². The van der Waals surface area contributed by atoms with Gasteiger partial charge in [0, 0.05) is 11.5 Å². The van der Waals surface area contributed by atoms with Crippen molar-refractivity contribution in [2.24, 2.45) is 11.8 Å². The fraction of sp³-hybridized carbons (Fsp3) is 0.647. The Balaban J connectivity index is 1.65. The first-order valence-electron chi connectivity index (χ1n) is 8.31. The van der Waals surface area contributed by atoms with Gasteiger partial charge >= 0.3 is 6.36 Å². The van der Waals surface area contributed by atoms with E-state index in [4.69, 9.17) is 9.47 Å². The summed E-state index contributed by atoms with van der Waals surface area (Å²) in [7, 11) is 0. The summed E-state index contributed by atoms with van der Waals surface area (Å²) in [6, 6.07) is 1.49. The third-order valence-corrected chi connectivity index (χ3v) is 4.75. The molecule has 0 N–H and O–H groups in total. The van der Waals surface area contributed by atoms with Crippen LogP contribution in [0, 0.1) is 23.5 Å². The second-order valence-corrected chi connectivity index (χ2v) is 6.52. The van der Waals surface area contributed by atoms with Crippen molar-refractivity contribution in [2.75, 3.05) is 13.2 Å². The van der Waals surface area contributed by atoms with Crippen LogP contribution in [0.2, 0.25) is 0 Å². The van der Waals surface area contributed by atoms with Crippen LogP contribution in [0.15, 0.2) is 12.1 Å². The highest BCUT2D eigenvalue weighted by molar-refractivity contribution is 5.32. The van der Waals surface area contributed by atoms with Gasteiger partial charge in [-0.1, -0.05) is 32.1 Å². The van der Waals surface area contributed by atoms with E-state index in [0.717, 1.165) is 25.0 Å². The monoisotopic (exact) mass is 366 g/mol. The summed E-state index contributed by atoms with van der Waals surface area (Å²) >= 11 is 0. The molecule has 1 saturated heterocycles. The van der Waals surface area contributed by atoms with Crippen LogP contribution in [0.1, 0.15) is 44.0 Å². The van der Waals surface area contributed by atoms with Crippen molar-refractivity contribution in [3.05, 3.63) is 29.3 Å². The lowest BCUT2D eigenvalue weighted by Crippen LogP contribution is -2.33. The quantitative estimate of drug-likeness (QED) is 0.696. The third kappa shape index (κ3) is 4.61. The predicted octanol–water partition coefficient (Wildman–Crippen LogP) is 5.11. The molecule has 140 valence electrons. The van der Waals surface area contributed by atoms with Crippen LogP contribution in [0.5, 0.6) is 5.75 Å². The van der Waals surface area contributed by atoms with Gasteiger partial charge < -0.3 is 14.2 Å². The Kier molecular flexibility index (Phi) is 5.48. The average molecular weight is 366 g/mol. The summed E-state index contributed by atoms with van der Waals surface area (Å²) in [6.07, 6.45) is -0.330. The Morgan fingerprint density at radius 2 is 1.44 bits per heavy atom. The molecule has 0 amide bonds. The molecule has 3 nitrogen and oxygen atoms in total. The molecule has 1 aromatic rings. The standard InChI is InChI=1S/C17H19F5O3/c18-13-6-11(7-14(19)15(13)25-17(20,21)22)16-23-8-12(9-24-16)10-4-2-1-3-5-10/h6-7,10,12,16H,1-5,8-9H2. The average Bonchev–Trinajstić information content (AvgIpc) is 2.58. The Hall–Kier alpha value is -1.41. The number of ether oxygens (including phenoxy) is 3. The lowest BCUT2D eigenvalue weighted by molar-refractivity contribution is -0.276. The Morgan fingerprint density at radius 1 is 0.880 bits per heavy atom. The zero-order chi connectivity index (χ0) is 18.0. The second kappa shape index (κ2) is 7.45. The first-order chi connectivity index (χ1) is 11.8. The van der Waals surface area contributed by atoms with Crippen molar-refractivity contribution >= 4 is 0 Å². The van der Waals surface area contributed by atoms with Crippen molar-refractivity contribution < 1.29 is 36.2 Å². The van der Waals surface area contributed by atoms with Crippen molar-refractivity contribution in [1.82, 2.24) is 0 Å². The molecule has 2 aliphatic rings. The largest absolute Gasteiger partial charge is 0.573 e. The number of hydrogen-bond acceptors (Lipinski definition) is 3. The Labute approximate surface area is 142 Å². The Bertz CT molecular complexity index is 567. The van der Waals surface area contributed by atoms with Crippen LogP contribution in [-0.4, -0.2) is 19.6 Å². The van der Waals surface area contributed by atoms with Gasteiger partial charge in [-0.25, -0.2) is 8.78 Å². The molecule has 3 rings (SSSR count). The zero-order valence-corrected chi connectivity index (χ0v) is 13.5. The van der Waals surface area contributed by atoms with Crippen LogP contribution < -0.4 is 4.74 Å². The minimum absolute atomic E-state index is 0.00776. The molecule has 25 heavy (non-hydrogen) atoms. The lowest BCUT2D eigenvalue weighted by Gasteiger charge is -2.36. The van der Waals surface area contributed by atoms with Gasteiger partial charge in [-0.3, -0.25) is 0 Å². The SMILES string of the molecule is Fc1cc(C2OCC(C3CCCCC3)CO2)cc(F)c1OC(F)(F)F. The molecule has 1 heterocycles. The second-order valence-electron chi connectivity index (χ2n) is 6.52. The number of alkyl halides is 3. The summed E-state index contributed by atoms with van der Waals surface area (Å²) in [4.78, 5) is 0. The molecule has 0 bridgehead atoms.